The molecule has 1 rings (SSSR count). The van der Waals surface area contributed by atoms with Crippen molar-refractivity contribution in [1.82, 2.24) is 4.90 Å². The van der Waals surface area contributed by atoms with E-state index in [9.17, 15) is 4.79 Å². The summed E-state index contributed by atoms with van der Waals surface area (Å²) >= 11 is 1.46. The van der Waals surface area contributed by atoms with Crippen LogP contribution in [0.15, 0.2) is 10.7 Å². The molecule has 0 aromatic heterocycles. The van der Waals surface area contributed by atoms with Crippen LogP contribution in [-0.4, -0.2) is 30.4 Å². The molecular weight excluding hydrogens is 212 g/mol. The van der Waals surface area contributed by atoms with Crippen molar-refractivity contribution in [2.75, 3.05) is 19.5 Å². The van der Waals surface area contributed by atoms with Crippen LogP contribution in [0.5, 0.6) is 0 Å². The van der Waals surface area contributed by atoms with Crippen LogP contribution in [0.3, 0.4) is 0 Å². The Hall–Kier alpha value is -0.840. The van der Waals surface area contributed by atoms with E-state index in [0.717, 1.165) is 18.8 Å². The molecule has 0 atom stereocenters. The lowest BCUT2D eigenvalue weighted by atomic mass is 10.2. The minimum Gasteiger partial charge on any atom is -0.465 e. The van der Waals surface area contributed by atoms with Crippen molar-refractivity contribution in [3.05, 3.63) is 10.7 Å². The highest BCUT2D eigenvalue weighted by molar-refractivity contribution is 8.04. The summed E-state index contributed by atoms with van der Waals surface area (Å²) in [5, 5.41) is 0. The minimum absolute atomic E-state index is 0.324. The van der Waals surface area contributed by atoms with Crippen LogP contribution < -0.4 is 5.73 Å². The zero-order valence-corrected chi connectivity index (χ0v) is 10.1. The van der Waals surface area contributed by atoms with E-state index in [-0.39, 0.29) is 5.97 Å². The minimum atomic E-state index is -0.324. The molecule has 0 radical (unpaired) electrons. The summed E-state index contributed by atoms with van der Waals surface area (Å²) in [5.41, 5.74) is 5.87. The van der Waals surface area contributed by atoms with Gasteiger partial charge in [-0.25, -0.2) is 4.79 Å². The van der Waals surface area contributed by atoms with Crippen LogP contribution in [-0.2, 0) is 9.53 Å². The zero-order chi connectivity index (χ0) is 11.3. The summed E-state index contributed by atoms with van der Waals surface area (Å²) < 4.78 is 4.65. The zero-order valence-electron chi connectivity index (χ0n) is 9.28. The topological polar surface area (TPSA) is 55.6 Å². The molecule has 0 bridgehead atoms. The Bertz CT molecular complexity index is 266. The molecule has 0 spiro atoms. The van der Waals surface area contributed by atoms with Gasteiger partial charge in [0.15, 0.2) is 0 Å². The van der Waals surface area contributed by atoms with Crippen molar-refractivity contribution in [2.24, 2.45) is 5.73 Å². The number of methoxy groups -OCH3 is 1. The van der Waals surface area contributed by atoms with Gasteiger partial charge in [-0.3, -0.25) is 0 Å². The summed E-state index contributed by atoms with van der Waals surface area (Å²) in [5.74, 6) is 1.01. The predicted molar refractivity (Wildman–Crippen MR) is 61.9 cm³/mol. The van der Waals surface area contributed by atoms with Gasteiger partial charge in [0, 0.05) is 6.54 Å². The van der Waals surface area contributed by atoms with Crippen LogP contribution in [0.1, 0.15) is 26.2 Å². The van der Waals surface area contributed by atoms with Crippen molar-refractivity contribution in [2.45, 2.75) is 26.2 Å². The number of carbonyl (C=O) groups excluding carboxylic acids is 1. The van der Waals surface area contributed by atoms with Crippen molar-refractivity contribution in [3.63, 3.8) is 0 Å². The molecule has 4 nitrogen and oxygen atoms in total. The highest BCUT2D eigenvalue weighted by Gasteiger charge is 2.25. The molecule has 1 aliphatic rings. The lowest BCUT2D eigenvalue weighted by Gasteiger charge is -2.17. The van der Waals surface area contributed by atoms with Gasteiger partial charge in [0.2, 0.25) is 0 Å². The fourth-order valence-corrected chi connectivity index (χ4v) is 2.45. The van der Waals surface area contributed by atoms with E-state index < -0.39 is 0 Å². The average Bonchev–Trinajstić information content (AvgIpc) is 2.60. The van der Waals surface area contributed by atoms with E-state index in [1.54, 1.807) is 0 Å². The molecule has 5 heteroatoms. The molecule has 0 saturated heterocycles. The molecule has 0 amide bonds. The Labute approximate surface area is 94.8 Å². The second-order valence-electron chi connectivity index (χ2n) is 3.45. The normalized spacial score (nSPS) is 16.0. The summed E-state index contributed by atoms with van der Waals surface area (Å²) in [6.45, 7) is 3.09. The summed E-state index contributed by atoms with van der Waals surface area (Å²) in [6.07, 6.45) is 3.50. The Morgan fingerprint density at radius 2 is 2.33 bits per heavy atom. The second kappa shape index (κ2) is 5.90. The van der Waals surface area contributed by atoms with E-state index in [2.05, 4.69) is 11.7 Å². The lowest BCUT2D eigenvalue weighted by Crippen LogP contribution is -2.26. The maximum Gasteiger partial charge on any atom is 0.348 e. The molecule has 1 heterocycles. The molecule has 0 aromatic carbocycles. The summed E-state index contributed by atoms with van der Waals surface area (Å²) in [7, 11) is 1.38. The van der Waals surface area contributed by atoms with Crippen LogP contribution in [0, 0.1) is 0 Å². The standard InChI is InChI=1S/C10H18N2O2S/c1-3-4-5-6-12-7-15-8(9(12)11)10(13)14-2/h3-7,11H2,1-2H3. The molecule has 0 aromatic rings. The molecule has 2 N–H and O–H groups in total. The highest BCUT2D eigenvalue weighted by Crippen LogP contribution is 2.30. The number of unbranched alkanes of at least 4 members (excludes halogenated alkanes) is 2. The van der Waals surface area contributed by atoms with E-state index >= 15 is 0 Å². The van der Waals surface area contributed by atoms with Crippen molar-refractivity contribution in [1.29, 1.82) is 0 Å². The number of thioether (sulfide) groups is 1. The van der Waals surface area contributed by atoms with Gasteiger partial charge in [-0.05, 0) is 6.42 Å². The Balaban J connectivity index is 2.50. The molecule has 0 fully saturated rings. The predicted octanol–water partition coefficient (Wildman–Crippen LogP) is 1.48. The number of nitrogens with two attached hydrogens (primary N) is 1. The van der Waals surface area contributed by atoms with Crippen molar-refractivity contribution < 1.29 is 9.53 Å². The van der Waals surface area contributed by atoms with E-state index in [0.29, 0.717) is 10.7 Å². The first-order valence-corrected chi connectivity index (χ1v) is 6.15. The average molecular weight is 230 g/mol. The van der Waals surface area contributed by atoms with Gasteiger partial charge in [-0.15, -0.1) is 0 Å². The number of rotatable bonds is 5. The molecule has 0 unspecified atom stereocenters. The summed E-state index contributed by atoms with van der Waals surface area (Å²) in [4.78, 5) is 13.9. The number of carbonyl (C=O) groups is 1. The smallest absolute Gasteiger partial charge is 0.348 e. The highest BCUT2D eigenvalue weighted by atomic mass is 32.2. The molecule has 1 aliphatic heterocycles. The maximum absolute atomic E-state index is 11.3. The third-order valence-corrected chi connectivity index (χ3v) is 3.45. The number of hydrogen-bond acceptors (Lipinski definition) is 5. The van der Waals surface area contributed by atoms with Crippen LogP contribution >= 0.6 is 11.8 Å². The number of ether oxygens (including phenoxy) is 1. The van der Waals surface area contributed by atoms with Crippen molar-refractivity contribution >= 4 is 17.7 Å². The molecule has 0 saturated carbocycles. The van der Waals surface area contributed by atoms with Gasteiger partial charge in [0.25, 0.3) is 0 Å². The Kier molecular flexibility index (Phi) is 4.81. The first-order valence-electron chi connectivity index (χ1n) is 5.16. The SMILES string of the molecule is CCCCCN1CSC(C(=O)OC)=C1N. The fourth-order valence-electron chi connectivity index (χ4n) is 1.42. The van der Waals surface area contributed by atoms with Gasteiger partial charge < -0.3 is 15.4 Å². The van der Waals surface area contributed by atoms with Crippen LogP contribution in [0.2, 0.25) is 0 Å². The fraction of sp³-hybridized carbons (Fsp3) is 0.700. The van der Waals surface area contributed by atoms with E-state index in [1.807, 2.05) is 4.90 Å². The lowest BCUT2D eigenvalue weighted by molar-refractivity contribution is -0.135. The Morgan fingerprint density at radius 3 is 2.93 bits per heavy atom. The number of nitrogens with zero attached hydrogens (tertiary/aromatic N) is 1. The van der Waals surface area contributed by atoms with Crippen LogP contribution in [0.25, 0.3) is 0 Å². The third kappa shape index (κ3) is 3.06. The van der Waals surface area contributed by atoms with Crippen molar-refractivity contribution in [3.8, 4) is 0 Å². The molecule has 0 aliphatic carbocycles. The monoisotopic (exact) mass is 230 g/mol. The van der Waals surface area contributed by atoms with Gasteiger partial charge in [0.05, 0.1) is 13.0 Å². The quantitative estimate of drug-likeness (QED) is 0.573. The Morgan fingerprint density at radius 1 is 1.60 bits per heavy atom. The van der Waals surface area contributed by atoms with Gasteiger partial charge in [-0.2, -0.15) is 0 Å². The first kappa shape index (κ1) is 12.2. The first-order chi connectivity index (χ1) is 7.20. The number of esters is 1. The molecule has 86 valence electrons. The van der Waals surface area contributed by atoms with Gasteiger partial charge in [0.1, 0.15) is 10.7 Å². The third-order valence-electron chi connectivity index (χ3n) is 2.34. The largest absolute Gasteiger partial charge is 0.465 e. The molecule has 15 heavy (non-hydrogen) atoms. The summed E-state index contributed by atoms with van der Waals surface area (Å²) in [6, 6.07) is 0. The van der Waals surface area contributed by atoms with E-state index in [1.165, 1.54) is 31.7 Å². The number of hydrogen-bond donors (Lipinski definition) is 1. The van der Waals surface area contributed by atoms with Crippen LogP contribution in [0.4, 0.5) is 0 Å². The molecular formula is C10H18N2O2S. The maximum atomic E-state index is 11.3. The second-order valence-corrected chi connectivity index (χ2v) is 4.41. The van der Waals surface area contributed by atoms with Gasteiger partial charge in [-0.1, -0.05) is 31.5 Å². The van der Waals surface area contributed by atoms with Gasteiger partial charge >= 0.3 is 5.97 Å². The van der Waals surface area contributed by atoms with E-state index in [4.69, 9.17) is 5.73 Å².